The molecule has 0 aliphatic rings. The van der Waals surface area contributed by atoms with Gasteiger partial charge in [0, 0.05) is 5.56 Å². The van der Waals surface area contributed by atoms with Crippen LogP contribution in [0.3, 0.4) is 0 Å². The Balaban J connectivity index is 1.70. The van der Waals surface area contributed by atoms with Gasteiger partial charge in [-0.3, -0.25) is 14.6 Å². The molecule has 1 unspecified atom stereocenters. The normalized spacial score (nSPS) is 11.5. The number of benzene rings is 2. The maximum atomic E-state index is 12.6. The van der Waals surface area contributed by atoms with Crippen LogP contribution in [0, 0.1) is 0 Å². The molecule has 3 rings (SSSR count). The van der Waals surface area contributed by atoms with Crippen molar-refractivity contribution in [2.75, 3.05) is 11.9 Å². The maximum Gasteiger partial charge on any atom is 0.340 e. The van der Waals surface area contributed by atoms with Crippen molar-refractivity contribution in [3.63, 3.8) is 0 Å². The molecular weight excluding hydrogens is 404 g/mol. The van der Waals surface area contributed by atoms with E-state index in [2.05, 4.69) is 20.5 Å². The molecule has 9 heteroatoms. The highest BCUT2D eigenvalue weighted by Crippen LogP contribution is 2.22. The Bertz CT molecular complexity index is 1100. The second kappa shape index (κ2) is 9.84. The van der Waals surface area contributed by atoms with Gasteiger partial charge in [-0.2, -0.15) is 0 Å². The zero-order valence-electron chi connectivity index (χ0n) is 16.4. The van der Waals surface area contributed by atoms with Crippen LogP contribution in [0.5, 0.6) is 0 Å². The average molecular weight is 424 g/mol. The van der Waals surface area contributed by atoms with Crippen LogP contribution in [0.2, 0.25) is 0 Å². The standard InChI is InChI=1S/C21H20N4O4S/c1-3-29-20(28)15-11-7-8-12-16(15)22-18(26)13(2)30-21-23-19(27)17(24-25-21)14-9-5-4-6-10-14/h4-13H,3H2,1-2H3,(H,22,26)(H,23,25,27). The molecule has 0 fully saturated rings. The largest absolute Gasteiger partial charge is 0.462 e. The molecular formula is C21H20N4O4S. The Hall–Kier alpha value is -3.46. The zero-order valence-corrected chi connectivity index (χ0v) is 17.2. The van der Waals surface area contributed by atoms with Crippen LogP contribution in [-0.2, 0) is 9.53 Å². The molecule has 0 saturated heterocycles. The van der Waals surface area contributed by atoms with Gasteiger partial charge in [-0.05, 0) is 26.0 Å². The van der Waals surface area contributed by atoms with Gasteiger partial charge in [0.25, 0.3) is 5.56 Å². The molecule has 30 heavy (non-hydrogen) atoms. The SMILES string of the molecule is CCOC(=O)c1ccccc1NC(=O)C(C)Sc1nnc(-c2ccccc2)c(=O)[nH]1. The minimum absolute atomic E-state index is 0.209. The Kier molecular flexibility index (Phi) is 6.97. The molecule has 1 atom stereocenters. The molecule has 0 aliphatic heterocycles. The molecule has 0 aliphatic carbocycles. The predicted molar refractivity (Wildman–Crippen MR) is 114 cm³/mol. The molecule has 2 N–H and O–H groups in total. The number of thioether (sulfide) groups is 1. The first-order chi connectivity index (χ1) is 14.5. The number of para-hydroxylation sites is 1. The van der Waals surface area contributed by atoms with E-state index in [9.17, 15) is 14.4 Å². The van der Waals surface area contributed by atoms with Crippen molar-refractivity contribution in [2.24, 2.45) is 0 Å². The Labute approximate surface area is 177 Å². The molecule has 0 spiro atoms. The van der Waals surface area contributed by atoms with Gasteiger partial charge in [-0.15, -0.1) is 10.2 Å². The number of amides is 1. The van der Waals surface area contributed by atoms with Crippen LogP contribution in [0.25, 0.3) is 11.3 Å². The number of hydrogen-bond acceptors (Lipinski definition) is 7. The Morgan fingerprint density at radius 3 is 2.50 bits per heavy atom. The highest BCUT2D eigenvalue weighted by molar-refractivity contribution is 8.00. The van der Waals surface area contributed by atoms with Crippen molar-refractivity contribution in [3.05, 3.63) is 70.5 Å². The molecule has 2 aromatic carbocycles. The molecule has 1 amide bonds. The van der Waals surface area contributed by atoms with Crippen molar-refractivity contribution in [1.29, 1.82) is 0 Å². The lowest BCUT2D eigenvalue weighted by atomic mass is 10.1. The number of carbonyl (C=O) groups excluding carboxylic acids is 2. The van der Waals surface area contributed by atoms with Crippen LogP contribution in [0.15, 0.2) is 64.5 Å². The highest BCUT2D eigenvalue weighted by atomic mass is 32.2. The first kappa shape index (κ1) is 21.3. The van der Waals surface area contributed by atoms with E-state index >= 15 is 0 Å². The molecule has 8 nitrogen and oxygen atoms in total. The van der Waals surface area contributed by atoms with Crippen molar-refractivity contribution in [2.45, 2.75) is 24.3 Å². The van der Waals surface area contributed by atoms with E-state index in [-0.39, 0.29) is 34.5 Å². The molecule has 3 aromatic rings. The summed E-state index contributed by atoms with van der Waals surface area (Å²) in [5.41, 5.74) is 1.10. The topological polar surface area (TPSA) is 114 Å². The van der Waals surface area contributed by atoms with E-state index in [0.29, 0.717) is 11.3 Å². The predicted octanol–water partition coefficient (Wildman–Crippen LogP) is 3.13. The van der Waals surface area contributed by atoms with Crippen LogP contribution in [-0.4, -0.2) is 38.9 Å². The summed E-state index contributed by atoms with van der Waals surface area (Å²) in [7, 11) is 0. The number of anilines is 1. The van der Waals surface area contributed by atoms with E-state index in [1.807, 2.05) is 6.07 Å². The summed E-state index contributed by atoms with van der Waals surface area (Å²) in [5.74, 6) is -0.869. The number of aromatic amines is 1. The average Bonchev–Trinajstić information content (AvgIpc) is 2.75. The fourth-order valence-electron chi connectivity index (χ4n) is 2.59. The van der Waals surface area contributed by atoms with Gasteiger partial charge in [0.2, 0.25) is 5.91 Å². The minimum Gasteiger partial charge on any atom is -0.462 e. The second-order valence-electron chi connectivity index (χ2n) is 6.19. The molecule has 1 aromatic heterocycles. The van der Waals surface area contributed by atoms with Crippen molar-refractivity contribution in [3.8, 4) is 11.3 Å². The van der Waals surface area contributed by atoms with Gasteiger partial charge >= 0.3 is 5.97 Å². The summed E-state index contributed by atoms with van der Waals surface area (Å²) < 4.78 is 5.01. The van der Waals surface area contributed by atoms with Gasteiger partial charge < -0.3 is 10.1 Å². The fraction of sp³-hybridized carbons (Fsp3) is 0.190. The number of ether oxygens (including phenoxy) is 1. The molecule has 0 bridgehead atoms. The highest BCUT2D eigenvalue weighted by Gasteiger charge is 2.20. The number of esters is 1. The lowest BCUT2D eigenvalue weighted by Gasteiger charge is -2.13. The van der Waals surface area contributed by atoms with Crippen molar-refractivity contribution in [1.82, 2.24) is 15.2 Å². The van der Waals surface area contributed by atoms with Gasteiger partial charge in [-0.1, -0.05) is 54.2 Å². The third-order valence-corrected chi connectivity index (χ3v) is 5.04. The van der Waals surface area contributed by atoms with E-state index in [0.717, 1.165) is 11.8 Å². The van der Waals surface area contributed by atoms with Gasteiger partial charge in [0.05, 0.1) is 23.1 Å². The summed E-state index contributed by atoms with van der Waals surface area (Å²) in [6, 6.07) is 15.6. The summed E-state index contributed by atoms with van der Waals surface area (Å²) in [6.45, 7) is 3.61. The second-order valence-corrected chi connectivity index (χ2v) is 7.52. The van der Waals surface area contributed by atoms with Gasteiger partial charge in [0.15, 0.2) is 10.9 Å². The number of hydrogen-bond donors (Lipinski definition) is 2. The first-order valence-electron chi connectivity index (χ1n) is 9.25. The number of nitrogens with one attached hydrogen (secondary N) is 2. The van der Waals surface area contributed by atoms with Crippen LogP contribution < -0.4 is 10.9 Å². The van der Waals surface area contributed by atoms with Crippen molar-refractivity contribution >= 4 is 29.3 Å². The van der Waals surface area contributed by atoms with E-state index in [1.54, 1.807) is 62.4 Å². The number of carbonyl (C=O) groups is 2. The summed E-state index contributed by atoms with van der Waals surface area (Å²) in [4.78, 5) is 39.6. The smallest absolute Gasteiger partial charge is 0.340 e. The van der Waals surface area contributed by atoms with E-state index in [4.69, 9.17) is 4.74 Å². The summed E-state index contributed by atoms with van der Waals surface area (Å²) in [5, 5.41) is 10.4. The minimum atomic E-state index is -0.604. The fourth-order valence-corrected chi connectivity index (χ4v) is 3.33. The third kappa shape index (κ3) is 5.12. The number of H-pyrrole nitrogens is 1. The van der Waals surface area contributed by atoms with Crippen LogP contribution in [0.4, 0.5) is 5.69 Å². The van der Waals surface area contributed by atoms with Gasteiger partial charge in [-0.25, -0.2) is 4.79 Å². The monoisotopic (exact) mass is 424 g/mol. The maximum absolute atomic E-state index is 12.6. The zero-order chi connectivity index (χ0) is 21.5. The van der Waals surface area contributed by atoms with E-state index < -0.39 is 11.2 Å². The Morgan fingerprint density at radius 1 is 1.10 bits per heavy atom. The Morgan fingerprint density at radius 2 is 1.80 bits per heavy atom. The first-order valence-corrected chi connectivity index (χ1v) is 10.1. The number of nitrogens with zero attached hydrogens (tertiary/aromatic N) is 2. The molecule has 0 saturated carbocycles. The molecule has 0 radical (unpaired) electrons. The lowest BCUT2D eigenvalue weighted by Crippen LogP contribution is -2.25. The third-order valence-electron chi connectivity index (χ3n) is 4.06. The van der Waals surface area contributed by atoms with Crippen LogP contribution >= 0.6 is 11.8 Å². The molecule has 1 heterocycles. The molecule has 154 valence electrons. The number of aromatic nitrogens is 3. The number of rotatable bonds is 7. The van der Waals surface area contributed by atoms with Crippen molar-refractivity contribution < 1.29 is 14.3 Å². The quantitative estimate of drug-likeness (QED) is 0.442. The summed E-state index contributed by atoms with van der Waals surface area (Å²) >= 11 is 1.06. The van der Waals surface area contributed by atoms with E-state index in [1.165, 1.54) is 0 Å². The van der Waals surface area contributed by atoms with Gasteiger partial charge in [0.1, 0.15) is 0 Å². The van der Waals surface area contributed by atoms with Crippen LogP contribution in [0.1, 0.15) is 24.2 Å². The summed E-state index contributed by atoms with van der Waals surface area (Å²) in [6.07, 6.45) is 0. The lowest BCUT2D eigenvalue weighted by molar-refractivity contribution is -0.115.